The van der Waals surface area contributed by atoms with Crippen molar-refractivity contribution in [3.8, 4) is 11.3 Å². The zero-order chi connectivity index (χ0) is 12.6. The van der Waals surface area contributed by atoms with Crippen molar-refractivity contribution in [2.45, 2.75) is 0 Å². The van der Waals surface area contributed by atoms with Crippen molar-refractivity contribution in [2.24, 2.45) is 0 Å². The molecule has 2 nitrogen and oxygen atoms in total. The fourth-order valence-electron chi connectivity index (χ4n) is 1.37. The fourth-order valence-corrected chi connectivity index (χ4v) is 1.84. The van der Waals surface area contributed by atoms with Gasteiger partial charge in [0.05, 0.1) is 15.7 Å². The molecule has 0 unspecified atom stereocenters. The van der Waals surface area contributed by atoms with Gasteiger partial charge in [-0.05, 0) is 18.2 Å². The molecule has 0 aliphatic carbocycles. The summed E-state index contributed by atoms with van der Waals surface area (Å²) >= 11 is 11.6. The summed E-state index contributed by atoms with van der Waals surface area (Å²) in [5.74, 6) is -1.38. The van der Waals surface area contributed by atoms with E-state index in [1.54, 1.807) is 0 Å². The predicted octanol–water partition coefficient (Wildman–Crippen LogP) is 3.92. The van der Waals surface area contributed by atoms with Gasteiger partial charge in [-0.3, -0.25) is 0 Å². The second-order valence-electron chi connectivity index (χ2n) is 3.34. The number of hydrogen-bond acceptors (Lipinski definition) is 2. The Morgan fingerprint density at radius 2 is 1.53 bits per heavy atom. The van der Waals surface area contributed by atoms with Gasteiger partial charge >= 0.3 is 0 Å². The van der Waals surface area contributed by atoms with E-state index in [4.69, 9.17) is 28.9 Å². The Morgan fingerprint density at radius 1 is 0.941 bits per heavy atom. The van der Waals surface area contributed by atoms with Crippen LogP contribution in [-0.4, -0.2) is 4.98 Å². The lowest BCUT2D eigenvalue weighted by Gasteiger charge is -2.06. The van der Waals surface area contributed by atoms with Gasteiger partial charge in [-0.25, -0.2) is 13.8 Å². The van der Waals surface area contributed by atoms with Crippen molar-refractivity contribution in [1.82, 2.24) is 4.98 Å². The third-order valence-corrected chi connectivity index (χ3v) is 2.68. The molecule has 0 fully saturated rings. The number of nitrogens with zero attached hydrogens (tertiary/aromatic N) is 1. The monoisotopic (exact) mass is 274 g/mol. The number of nitrogens with two attached hydrogens (primary N) is 1. The molecule has 0 aliphatic rings. The Hall–Kier alpha value is -1.39. The number of rotatable bonds is 1. The average Bonchev–Trinajstić information content (AvgIpc) is 2.22. The molecule has 0 spiro atoms. The Balaban J connectivity index is 2.64. The predicted molar refractivity (Wildman–Crippen MR) is 64.0 cm³/mol. The molecule has 1 heterocycles. The molecule has 0 amide bonds. The fraction of sp³-hybridized carbons (Fsp3) is 0. The lowest BCUT2D eigenvalue weighted by molar-refractivity contribution is 0.584. The minimum atomic E-state index is -0.716. The largest absolute Gasteiger partial charge is 0.382 e. The second kappa shape index (κ2) is 4.47. The maximum atomic E-state index is 13.1. The Bertz CT molecular complexity index is 568. The zero-order valence-electron chi connectivity index (χ0n) is 8.35. The number of anilines is 1. The molecule has 0 aliphatic heterocycles. The first-order chi connectivity index (χ1) is 7.97. The van der Waals surface area contributed by atoms with Gasteiger partial charge in [0.15, 0.2) is 0 Å². The van der Waals surface area contributed by atoms with Gasteiger partial charge in [-0.2, -0.15) is 0 Å². The van der Waals surface area contributed by atoms with Gasteiger partial charge < -0.3 is 5.73 Å². The van der Waals surface area contributed by atoms with Crippen molar-refractivity contribution >= 4 is 29.0 Å². The van der Waals surface area contributed by atoms with Crippen LogP contribution in [0.4, 0.5) is 14.6 Å². The maximum absolute atomic E-state index is 13.1. The smallest absolute Gasteiger partial charge is 0.143 e. The van der Waals surface area contributed by atoms with E-state index < -0.39 is 11.6 Å². The van der Waals surface area contributed by atoms with Crippen LogP contribution in [-0.2, 0) is 0 Å². The van der Waals surface area contributed by atoms with Crippen LogP contribution in [0.1, 0.15) is 0 Å². The molecule has 0 radical (unpaired) electrons. The molecular weight excluding hydrogens is 269 g/mol. The standard InChI is InChI=1S/C11H6Cl2F2N2/c12-8-4-9(13)11(16)17-10(8)5-1-6(14)3-7(15)2-5/h1-4H,(H2,16,17). The quantitative estimate of drug-likeness (QED) is 0.856. The molecular formula is C11H6Cl2F2N2. The van der Waals surface area contributed by atoms with Crippen molar-refractivity contribution in [3.05, 3.63) is 45.9 Å². The summed E-state index contributed by atoms with van der Waals surface area (Å²) < 4.78 is 26.1. The summed E-state index contributed by atoms with van der Waals surface area (Å²) in [5.41, 5.74) is 5.91. The first kappa shape index (κ1) is 12.1. The Kier molecular flexibility index (Phi) is 3.17. The normalized spacial score (nSPS) is 10.6. The number of hydrogen-bond donors (Lipinski definition) is 1. The van der Waals surface area contributed by atoms with E-state index >= 15 is 0 Å². The van der Waals surface area contributed by atoms with Gasteiger partial charge in [0, 0.05) is 11.6 Å². The highest BCUT2D eigenvalue weighted by molar-refractivity contribution is 6.37. The van der Waals surface area contributed by atoms with Crippen LogP contribution in [0.25, 0.3) is 11.3 Å². The Labute approximate surface area is 106 Å². The second-order valence-corrected chi connectivity index (χ2v) is 4.16. The molecule has 0 saturated carbocycles. The van der Waals surface area contributed by atoms with Crippen LogP contribution in [0.3, 0.4) is 0 Å². The SMILES string of the molecule is Nc1nc(-c2cc(F)cc(F)c2)c(Cl)cc1Cl. The molecule has 88 valence electrons. The zero-order valence-corrected chi connectivity index (χ0v) is 9.86. The average molecular weight is 275 g/mol. The van der Waals surface area contributed by atoms with Crippen LogP contribution in [0.15, 0.2) is 24.3 Å². The number of aromatic nitrogens is 1. The minimum absolute atomic E-state index is 0.0516. The molecule has 6 heteroatoms. The highest BCUT2D eigenvalue weighted by Gasteiger charge is 2.11. The number of pyridine rings is 1. The van der Waals surface area contributed by atoms with E-state index in [2.05, 4.69) is 4.98 Å². The molecule has 2 aromatic rings. The molecule has 0 saturated heterocycles. The number of halogens is 4. The molecule has 2 N–H and O–H groups in total. The lowest BCUT2D eigenvalue weighted by atomic mass is 10.1. The Morgan fingerprint density at radius 3 is 2.12 bits per heavy atom. The number of benzene rings is 1. The highest BCUT2D eigenvalue weighted by Crippen LogP contribution is 2.31. The molecule has 1 aromatic heterocycles. The van der Waals surface area contributed by atoms with E-state index in [-0.39, 0.29) is 27.1 Å². The van der Waals surface area contributed by atoms with Crippen molar-refractivity contribution in [1.29, 1.82) is 0 Å². The number of nitrogen functional groups attached to an aromatic ring is 1. The van der Waals surface area contributed by atoms with Crippen LogP contribution < -0.4 is 5.73 Å². The van der Waals surface area contributed by atoms with Crippen molar-refractivity contribution in [2.75, 3.05) is 5.73 Å². The van der Waals surface area contributed by atoms with Gasteiger partial charge in [0.1, 0.15) is 17.5 Å². The molecule has 0 atom stereocenters. The molecule has 2 rings (SSSR count). The van der Waals surface area contributed by atoms with E-state index in [1.807, 2.05) is 0 Å². The van der Waals surface area contributed by atoms with Crippen molar-refractivity contribution in [3.63, 3.8) is 0 Å². The van der Waals surface area contributed by atoms with Gasteiger partial charge in [-0.15, -0.1) is 0 Å². The summed E-state index contributed by atoms with van der Waals surface area (Å²) in [6.07, 6.45) is 0. The minimum Gasteiger partial charge on any atom is -0.382 e. The molecule has 0 bridgehead atoms. The van der Waals surface area contributed by atoms with Crippen LogP contribution in [0.2, 0.25) is 10.0 Å². The summed E-state index contributed by atoms with van der Waals surface area (Å²) in [4.78, 5) is 3.91. The first-order valence-corrected chi connectivity index (χ1v) is 5.31. The topological polar surface area (TPSA) is 38.9 Å². The van der Waals surface area contributed by atoms with Gasteiger partial charge in [-0.1, -0.05) is 23.2 Å². The van der Waals surface area contributed by atoms with Crippen LogP contribution >= 0.6 is 23.2 Å². The molecule has 17 heavy (non-hydrogen) atoms. The van der Waals surface area contributed by atoms with Crippen LogP contribution in [0.5, 0.6) is 0 Å². The van der Waals surface area contributed by atoms with Gasteiger partial charge in [0.2, 0.25) is 0 Å². The van der Waals surface area contributed by atoms with Crippen molar-refractivity contribution < 1.29 is 8.78 Å². The summed E-state index contributed by atoms with van der Waals surface area (Å²) in [6.45, 7) is 0. The van der Waals surface area contributed by atoms with E-state index in [9.17, 15) is 8.78 Å². The molecule has 1 aromatic carbocycles. The maximum Gasteiger partial charge on any atom is 0.143 e. The summed E-state index contributed by atoms with van der Waals surface area (Å²) in [6, 6.07) is 4.37. The van der Waals surface area contributed by atoms with E-state index in [0.717, 1.165) is 18.2 Å². The van der Waals surface area contributed by atoms with E-state index in [0.29, 0.717) is 0 Å². The summed E-state index contributed by atoms with van der Waals surface area (Å²) in [5, 5.41) is 0.366. The van der Waals surface area contributed by atoms with Crippen LogP contribution in [0, 0.1) is 11.6 Å². The lowest BCUT2D eigenvalue weighted by Crippen LogP contribution is -1.95. The first-order valence-electron chi connectivity index (χ1n) is 4.55. The van der Waals surface area contributed by atoms with Gasteiger partial charge in [0.25, 0.3) is 0 Å². The third-order valence-electron chi connectivity index (χ3n) is 2.09. The highest BCUT2D eigenvalue weighted by atomic mass is 35.5. The third kappa shape index (κ3) is 2.48. The summed E-state index contributed by atoms with van der Waals surface area (Å²) in [7, 11) is 0. The van der Waals surface area contributed by atoms with E-state index in [1.165, 1.54) is 6.07 Å².